The third-order valence-corrected chi connectivity index (χ3v) is 3.62. The Balaban J connectivity index is 1.63. The van der Waals surface area contributed by atoms with Crippen LogP contribution >= 0.6 is 11.8 Å². The molecule has 6 nitrogen and oxygen atoms in total. The van der Waals surface area contributed by atoms with Gasteiger partial charge in [-0.25, -0.2) is 4.79 Å². The van der Waals surface area contributed by atoms with Gasteiger partial charge in [0, 0.05) is 6.54 Å². The molecule has 0 bridgehead atoms. The summed E-state index contributed by atoms with van der Waals surface area (Å²) in [6, 6.07) is 3.41. The largest absolute Gasteiger partial charge is 0.467 e. The number of amides is 3. The molecule has 3 amide bonds. The zero-order valence-electron chi connectivity index (χ0n) is 9.77. The van der Waals surface area contributed by atoms with E-state index in [0.717, 1.165) is 12.2 Å². The molecule has 0 spiro atoms. The van der Waals surface area contributed by atoms with E-state index in [1.807, 2.05) is 0 Å². The van der Waals surface area contributed by atoms with Crippen LogP contribution in [0, 0.1) is 0 Å². The molecule has 7 heteroatoms. The maximum Gasteiger partial charge on any atom is 0.315 e. The van der Waals surface area contributed by atoms with Gasteiger partial charge in [-0.1, -0.05) is 0 Å². The maximum atomic E-state index is 11.6. The first kappa shape index (κ1) is 12.8. The molecule has 1 fully saturated rings. The SMILES string of the molecule is O=C(CSC1CCNC(=O)N1)NCc1ccco1. The Hall–Kier alpha value is -1.63. The highest BCUT2D eigenvalue weighted by Crippen LogP contribution is 2.13. The van der Waals surface area contributed by atoms with Crippen molar-refractivity contribution in [3.8, 4) is 0 Å². The lowest BCUT2D eigenvalue weighted by Gasteiger charge is -2.23. The molecule has 0 aromatic carbocycles. The topological polar surface area (TPSA) is 83.4 Å². The van der Waals surface area contributed by atoms with Crippen molar-refractivity contribution >= 4 is 23.7 Å². The number of hydrogen-bond donors (Lipinski definition) is 3. The van der Waals surface area contributed by atoms with Gasteiger partial charge in [-0.3, -0.25) is 4.79 Å². The predicted molar refractivity (Wildman–Crippen MR) is 68.0 cm³/mol. The third kappa shape index (κ3) is 3.99. The molecule has 3 N–H and O–H groups in total. The fraction of sp³-hybridized carbons (Fsp3) is 0.455. The zero-order chi connectivity index (χ0) is 12.8. The lowest BCUT2D eigenvalue weighted by molar-refractivity contribution is -0.118. The summed E-state index contributed by atoms with van der Waals surface area (Å²) in [6.45, 7) is 1.04. The zero-order valence-corrected chi connectivity index (χ0v) is 10.6. The van der Waals surface area contributed by atoms with E-state index < -0.39 is 0 Å². The number of rotatable bonds is 5. The van der Waals surface area contributed by atoms with E-state index in [-0.39, 0.29) is 17.3 Å². The van der Waals surface area contributed by atoms with E-state index in [2.05, 4.69) is 16.0 Å². The van der Waals surface area contributed by atoms with Crippen molar-refractivity contribution in [2.75, 3.05) is 12.3 Å². The molecular formula is C11H15N3O3S. The van der Waals surface area contributed by atoms with E-state index in [1.165, 1.54) is 11.8 Å². The van der Waals surface area contributed by atoms with Crippen molar-refractivity contribution in [2.24, 2.45) is 0 Å². The molecule has 1 atom stereocenters. The Morgan fingerprint density at radius 1 is 1.61 bits per heavy atom. The van der Waals surface area contributed by atoms with Gasteiger partial charge in [0.15, 0.2) is 0 Å². The normalized spacial score (nSPS) is 18.9. The highest BCUT2D eigenvalue weighted by molar-refractivity contribution is 8.00. The van der Waals surface area contributed by atoms with Crippen LogP contribution in [0.4, 0.5) is 4.79 Å². The molecule has 1 aliphatic rings. The molecular weight excluding hydrogens is 254 g/mol. The summed E-state index contributed by atoms with van der Waals surface area (Å²) in [7, 11) is 0. The first-order valence-electron chi connectivity index (χ1n) is 5.69. The summed E-state index contributed by atoms with van der Waals surface area (Å²) in [5.74, 6) is 0.985. The van der Waals surface area contributed by atoms with Crippen molar-refractivity contribution in [1.29, 1.82) is 0 Å². The lowest BCUT2D eigenvalue weighted by Crippen LogP contribution is -2.48. The minimum Gasteiger partial charge on any atom is -0.467 e. The Bertz CT molecular complexity index is 408. The number of urea groups is 1. The monoisotopic (exact) mass is 269 g/mol. The van der Waals surface area contributed by atoms with Crippen LogP contribution in [-0.2, 0) is 11.3 Å². The fourth-order valence-corrected chi connectivity index (χ4v) is 2.47. The van der Waals surface area contributed by atoms with Gasteiger partial charge in [-0.2, -0.15) is 0 Å². The molecule has 0 saturated carbocycles. The molecule has 0 radical (unpaired) electrons. The summed E-state index contributed by atoms with van der Waals surface area (Å²) < 4.78 is 5.11. The van der Waals surface area contributed by atoms with E-state index in [4.69, 9.17) is 4.42 Å². The molecule has 1 aliphatic heterocycles. The Labute approximate surface area is 109 Å². The van der Waals surface area contributed by atoms with E-state index >= 15 is 0 Å². The van der Waals surface area contributed by atoms with Gasteiger partial charge >= 0.3 is 6.03 Å². The minimum atomic E-state index is -0.172. The van der Waals surface area contributed by atoms with Crippen LogP contribution < -0.4 is 16.0 Å². The Kier molecular flexibility index (Phi) is 4.52. The Morgan fingerprint density at radius 3 is 3.22 bits per heavy atom. The fourth-order valence-electron chi connectivity index (χ4n) is 1.54. The van der Waals surface area contributed by atoms with Crippen LogP contribution in [0.2, 0.25) is 0 Å². The first-order valence-corrected chi connectivity index (χ1v) is 6.74. The van der Waals surface area contributed by atoms with Crippen LogP contribution in [0.1, 0.15) is 12.2 Å². The van der Waals surface area contributed by atoms with E-state index in [1.54, 1.807) is 18.4 Å². The predicted octanol–water partition coefficient (Wildman–Crippen LogP) is 0.658. The highest BCUT2D eigenvalue weighted by atomic mass is 32.2. The molecule has 2 rings (SSSR count). The van der Waals surface area contributed by atoms with E-state index in [0.29, 0.717) is 18.8 Å². The molecule has 0 aliphatic carbocycles. The lowest BCUT2D eigenvalue weighted by atomic mass is 10.4. The third-order valence-electron chi connectivity index (χ3n) is 2.44. The van der Waals surface area contributed by atoms with Crippen LogP contribution in [0.3, 0.4) is 0 Å². The van der Waals surface area contributed by atoms with Crippen molar-refractivity contribution in [3.05, 3.63) is 24.2 Å². The van der Waals surface area contributed by atoms with E-state index in [9.17, 15) is 9.59 Å². The summed E-state index contributed by atoms with van der Waals surface area (Å²) >= 11 is 1.43. The summed E-state index contributed by atoms with van der Waals surface area (Å²) in [5, 5.41) is 8.18. The summed E-state index contributed by atoms with van der Waals surface area (Å²) in [5.41, 5.74) is 0. The van der Waals surface area contributed by atoms with Crippen LogP contribution in [0.5, 0.6) is 0 Å². The molecule has 98 valence electrons. The van der Waals surface area contributed by atoms with Gasteiger partial charge in [0.2, 0.25) is 5.91 Å². The molecule has 1 saturated heterocycles. The number of nitrogens with one attached hydrogen (secondary N) is 3. The second-order valence-electron chi connectivity index (χ2n) is 3.84. The van der Waals surface area contributed by atoms with Crippen molar-refractivity contribution < 1.29 is 14.0 Å². The average molecular weight is 269 g/mol. The average Bonchev–Trinajstić information content (AvgIpc) is 2.87. The molecule has 1 aromatic rings. The van der Waals surface area contributed by atoms with Gasteiger partial charge in [0.05, 0.1) is 23.9 Å². The van der Waals surface area contributed by atoms with Gasteiger partial charge in [0.1, 0.15) is 5.76 Å². The van der Waals surface area contributed by atoms with Gasteiger partial charge < -0.3 is 20.4 Å². The quantitative estimate of drug-likeness (QED) is 0.733. The number of carbonyl (C=O) groups excluding carboxylic acids is 2. The Morgan fingerprint density at radius 2 is 2.50 bits per heavy atom. The minimum absolute atomic E-state index is 0.00751. The summed E-state index contributed by atoms with van der Waals surface area (Å²) in [6.07, 6.45) is 2.39. The standard InChI is InChI=1S/C11H15N3O3S/c15-9(13-6-8-2-1-5-17-8)7-18-10-3-4-12-11(16)14-10/h1-2,5,10H,3-4,6-7H2,(H,13,15)(H2,12,14,16). The molecule has 1 aromatic heterocycles. The maximum absolute atomic E-state index is 11.6. The second kappa shape index (κ2) is 6.34. The van der Waals surface area contributed by atoms with Gasteiger partial charge in [-0.15, -0.1) is 11.8 Å². The number of thioether (sulfide) groups is 1. The highest BCUT2D eigenvalue weighted by Gasteiger charge is 2.18. The van der Waals surface area contributed by atoms with Gasteiger partial charge in [0.25, 0.3) is 0 Å². The van der Waals surface area contributed by atoms with Crippen molar-refractivity contribution in [2.45, 2.75) is 18.3 Å². The van der Waals surface area contributed by atoms with Crippen molar-refractivity contribution in [3.63, 3.8) is 0 Å². The first-order chi connectivity index (χ1) is 8.74. The number of furan rings is 1. The van der Waals surface area contributed by atoms with Crippen LogP contribution in [-0.4, -0.2) is 29.6 Å². The smallest absolute Gasteiger partial charge is 0.315 e. The second-order valence-corrected chi connectivity index (χ2v) is 5.04. The van der Waals surface area contributed by atoms with Crippen molar-refractivity contribution in [1.82, 2.24) is 16.0 Å². The molecule has 1 unspecified atom stereocenters. The number of hydrogen-bond acceptors (Lipinski definition) is 4. The van der Waals surface area contributed by atoms with Crippen LogP contribution in [0.25, 0.3) is 0 Å². The van der Waals surface area contributed by atoms with Crippen LogP contribution in [0.15, 0.2) is 22.8 Å². The molecule has 2 heterocycles. The molecule has 18 heavy (non-hydrogen) atoms. The summed E-state index contributed by atoms with van der Waals surface area (Å²) in [4.78, 5) is 22.6. The number of carbonyl (C=O) groups is 2. The van der Waals surface area contributed by atoms with Gasteiger partial charge in [-0.05, 0) is 18.6 Å².